The van der Waals surface area contributed by atoms with E-state index < -0.39 is 29.8 Å². The largest absolute Gasteiger partial charge is 0.491 e. The molecule has 1 aliphatic rings. The van der Waals surface area contributed by atoms with Gasteiger partial charge in [0.15, 0.2) is 0 Å². The highest BCUT2D eigenvalue weighted by Crippen LogP contribution is 2.19. The predicted molar refractivity (Wildman–Crippen MR) is 126 cm³/mol. The van der Waals surface area contributed by atoms with E-state index in [0.29, 0.717) is 25.4 Å². The molecule has 1 aliphatic heterocycles. The summed E-state index contributed by atoms with van der Waals surface area (Å²) in [5.41, 5.74) is 0.235. The van der Waals surface area contributed by atoms with Gasteiger partial charge in [0, 0.05) is 20.2 Å². The Kier molecular flexibility index (Phi) is 10.8. The van der Waals surface area contributed by atoms with Crippen molar-refractivity contribution in [1.29, 1.82) is 0 Å². The number of fused-ring (bicyclic) bond motifs is 1. The standard InChI is InChI=1S/C24H36N4O6/c1-5-33-12-10-25-23(31)18-15-21(29)26-19(14-16(2)3)24(32)28(4)11-13-34-20-9-7-6-8-17(20)22(30)27-18/h6-9,16,18-19H,5,10-15H2,1-4H3,(H,25,31)(H,26,29)(H,27,30)/t18-,19+/m0/s1. The fourth-order valence-corrected chi connectivity index (χ4v) is 3.54. The van der Waals surface area contributed by atoms with E-state index in [9.17, 15) is 19.2 Å². The molecule has 0 radical (unpaired) electrons. The molecule has 10 heteroatoms. The molecule has 0 unspecified atom stereocenters. The Hall–Kier alpha value is -3.14. The highest BCUT2D eigenvalue weighted by atomic mass is 16.5. The summed E-state index contributed by atoms with van der Waals surface area (Å²) in [5.74, 6) is -1.30. The second-order valence-corrected chi connectivity index (χ2v) is 8.57. The number of carbonyl (C=O) groups excluding carboxylic acids is 4. The van der Waals surface area contributed by atoms with Crippen LogP contribution in [0.4, 0.5) is 0 Å². The summed E-state index contributed by atoms with van der Waals surface area (Å²) in [6.07, 6.45) is 0.122. The number of hydrogen-bond acceptors (Lipinski definition) is 6. The van der Waals surface area contributed by atoms with Gasteiger partial charge in [-0.15, -0.1) is 0 Å². The minimum Gasteiger partial charge on any atom is -0.491 e. The molecule has 1 aromatic carbocycles. The summed E-state index contributed by atoms with van der Waals surface area (Å²) in [5, 5.41) is 8.08. The monoisotopic (exact) mass is 476 g/mol. The van der Waals surface area contributed by atoms with Crippen LogP contribution in [0, 0.1) is 5.92 Å². The molecule has 2 rings (SSSR count). The van der Waals surface area contributed by atoms with Gasteiger partial charge in [-0.05, 0) is 31.4 Å². The van der Waals surface area contributed by atoms with Gasteiger partial charge in [-0.25, -0.2) is 0 Å². The Bertz CT molecular complexity index is 860. The van der Waals surface area contributed by atoms with E-state index >= 15 is 0 Å². The second-order valence-electron chi connectivity index (χ2n) is 8.57. The van der Waals surface area contributed by atoms with E-state index in [1.807, 2.05) is 20.8 Å². The van der Waals surface area contributed by atoms with Crippen LogP contribution in [-0.4, -0.2) is 80.6 Å². The van der Waals surface area contributed by atoms with Crippen molar-refractivity contribution in [2.24, 2.45) is 5.92 Å². The Morgan fingerprint density at radius 3 is 2.68 bits per heavy atom. The lowest BCUT2D eigenvalue weighted by molar-refractivity contribution is -0.136. The van der Waals surface area contributed by atoms with Crippen molar-refractivity contribution in [1.82, 2.24) is 20.9 Å². The lowest BCUT2D eigenvalue weighted by Gasteiger charge is -2.27. The molecule has 0 spiro atoms. The Labute approximate surface area is 200 Å². The highest BCUT2D eigenvalue weighted by molar-refractivity contribution is 6.01. The van der Waals surface area contributed by atoms with E-state index in [1.54, 1.807) is 31.3 Å². The summed E-state index contributed by atoms with van der Waals surface area (Å²) in [4.78, 5) is 53.2. The van der Waals surface area contributed by atoms with Gasteiger partial charge in [0.25, 0.3) is 5.91 Å². The number of likely N-dealkylation sites (N-methyl/N-ethyl adjacent to an activating group) is 1. The van der Waals surface area contributed by atoms with Gasteiger partial charge in [-0.2, -0.15) is 0 Å². The molecule has 1 heterocycles. The summed E-state index contributed by atoms with van der Waals surface area (Å²) in [7, 11) is 1.64. The van der Waals surface area contributed by atoms with E-state index in [0.717, 1.165) is 0 Å². The average molecular weight is 477 g/mol. The first-order valence-corrected chi connectivity index (χ1v) is 11.6. The van der Waals surface area contributed by atoms with Crippen LogP contribution in [0.3, 0.4) is 0 Å². The highest BCUT2D eigenvalue weighted by Gasteiger charge is 2.30. The van der Waals surface area contributed by atoms with Crippen LogP contribution in [0.1, 0.15) is 44.0 Å². The molecule has 1 aromatic rings. The summed E-state index contributed by atoms with van der Waals surface area (Å²) < 4.78 is 11.0. The molecule has 2 atom stereocenters. The second kappa shape index (κ2) is 13.5. The predicted octanol–water partition coefficient (Wildman–Crippen LogP) is 0.710. The molecule has 0 aromatic heterocycles. The zero-order chi connectivity index (χ0) is 25.1. The van der Waals surface area contributed by atoms with E-state index in [2.05, 4.69) is 16.0 Å². The van der Waals surface area contributed by atoms with Gasteiger partial charge >= 0.3 is 0 Å². The Morgan fingerprint density at radius 2 is 1.97 bits per heavy atom. The van der Waals surface area contributed by atoms with E-state index in [1.165, 1.54) is 4.90 Å². The number of hydrogen-bond donors (Lipinski definition) is 3. The lowest BCUT2D eigenvalue weighted by Crippen LogP contribution is -2.53. The molecule has 0 bridgehead atoms. The van der Waals surface area contributed by atoms with E-state index in [-0.39, 0.29) is 43.5 Å². The minimum absolute atomic E-state index is 0.155. The molecule has 10 nitrogen and oxygen atoms in total. The molecular weight excluding hydrogens is 440 g/mol. The quantitative estimate of drug-likeness (QED) is 0.498. The molecule has 34 heavy (non-hydrogen) atoms. The van der Waals surface area contributed by atoms with Crippen LogP contribution in [0.25, 0.3) is 0 Å². The van der Waals surface area contributed by atoms with Crippen LogP contribution in [0.5, 0.6) is 5.75 Å². The summed E-state index contributed by atoms with van der Waals surface area (Å²) in [6, 6.07) is 4.75. The molecule has 0 fully saturated rings. The molecule has 0 aliphatic carbocycles. The third-order valence-electron chi connectivity index (χ3n) is 5.29. The van der Waals surface area contributed by atoms with Crippen LogP contribution in [0.2, 0.25) is 0 Å². The number of ether oxygens (including phenoxy) is 2. The van der Waals surface area contributed by atoms with Gasteiger partial charge in [-0.3, -0.25) is 19.2 Å². The first-order chi connectivity index (χ1) is 16.2. The van der Waals surface area contributed by atoms with Crippen molar-refractivity contribution < 1.29 is 28.7 Å². The zero-order valence-corrected chi connectivity index (χ0v) is 20.4. The fourth-order valence-electron chi connectivity index (χ4n) is 3.54. The Balaban J connectivity index is 2.31. The van der Waals surface area contributed by atoms with Gasteiger partial charge in [0.1, 0.15) is 24.4 Å². The van der Waals surface area contributed by atoms with Crippen LogP contribution in [-0.2, 0) is 19.1 Å². The van der Waals surface area contributed by atoms with Crippen molar-refractivity contribution in [3.8, 4) is 5.75 Å². The average Bonchev–Trinajstić information content (AvgIpc) is 2.79. The Morgan fingerprint density at radius 1 is 1.24 bits per heavy atom. The molecule has 3 N–H and O–H groups in total. The van der Waals surface area contributed by atoms with Crippen molar-refractivity contribution in [2.75, 3.05) is 40.0 Å². The van der Waals surface area contributed by atoms with Gasteiger partial charge < -0.3 is 30.3 Å². The number of amides is 4. The number of para-hydroxylation sites is 1. The molecule has 0 saturated carbocycles. The lowest BCUT2D eigenvalue weighted by atomic mass is 10.0. The number of carbonyl (C=O) groups is 4. The van der Waals surface area contributed by atoms with Crippen molar-refractivity contribution in [3.63, 3.8) is 0 Å². The zero-order valence-electron chi connectivity index (χ0n) is 20.4. The number of rotatable bonds is 7. The number of nitrogens with zero attached hydrogens (tertiary/aromatic N) is 1. The molecule has 0 saturated heterocycles. The third-order valence-corrected chi connectivity index (χ3v) is 5.29. The molecule has 188 valence electrons. The molecule has 4 amide bonds. The normalized spacial score (nSPS) is 20.0. The smallest absolute Gasteiger partial charge is 0.255 e. The maximum Gasteiger partial charge on any atom is 0.255 e. The molecular formula is C24H36N4O6. The van der Waals surface area contributed by atoms with Gasteiger partial charge in [0.05, 0.1) is 25.1 Å². The number of benzene rings is 1. The topological polar surface area (TPSA) is 126 Å². The number of nitrogens with one attached hydrogen (secondary N) is 3. The first kappa shape index (κ1) is 27.1. The van der Waals surface area contributed by atoms with E-state index in [4.69, 9.17) is 9.47 Å². The van der Waals surface area contributed by atoms with Crippen molar-refractivity contribution in [2.45, 2.75) is 45.7 Å². The van der Waals surface area contributed by atoms with Gasteiger partial charge in [-0.1, -0.05) is 26.0 Å². The maximum absolute atomic E-state index is 13.0. The first-order valence-electron chi connectivity index (χ1n) is 11.6. The minimum atomic E-state index is -1.14. The van der Waals surface area contributed by atoms with Crippen molar-refractivity contribution >= 4 is 23.6 Å². The third kappa shape index (κ3) is 8.33. The SMILES string of the molecule is CCOCCNC(=O)[C@@H]1CC(=O)N[C@H](CC(C)C)C(=O)N(C)CCOc2ccccc2C(=O)N1. The van der Waals surface area contributed by atoms with Crippen LogP contribution >= 0.6 is 0 Å². The summed E-state index contributed by atoms with van der Waals surface area (Å²) >= 11 is 0. The fraction of sp³-hybridized carbons (Fsp3) is 0.583. The summed E-state index contributed by atoms with van der Waals surface area (Å²) in [6.45, 7) is 7.26. The van der Waals surface area contributed by atoms with Crippen molar-refractivity contribution in [3.05, 3.63) is 29.8 Å². The van der Waals surface area contributed by atoms with Crippen LogP contribution < -0.4 is 20.7 Å². The maximum atomic E-state index is 13.0. The van der Waals surface area contributed by atoms with Gasteiger partial charge in [0.2, 0.25) is 17.7 Å². The van der Waals surface area contributed by atoms with Crippen LogP contribution in [0.15, 0.2) is 24.3 Å².